The molecule has 7 rings (SSSR count). The number of halogens is 4. The molecule has 2 N–H and O–H groups in total. The third kappa shape index (κ3) is 4.73. The number of hydrogen-bond acceptors (Lipinski definition) is 7. The van der Waals surface area contributed by atoms with E-state index in [9.17, 15) is 13.9 Å². The quantitative estimate of drug-likeness (QED) is 0.265. The van der Waals surface area contributed by atoms with Crippen LogP contribution in [0, 0.1) is 17.0 Å². The van der Waals surface area contributed by atoms with E-state index in [-0.39, 0.29) is 64.9 Å². The number of rotatable bonds is 7. The van der Waals surface area contributed by atoms with Crippen molar-refractivity contribution in [3.8, 4) is 22.9 Å². The number of aromatic nitrogens is 2. The summed E-state index contributed by atoms with van der Waals surface area (Å²) in [6.45, 7) is 2.96. The predicted octanol–water partition coefficient (Wildman–Crippen LogP) is 5.73. The summed E-state index contributed by atoms with van der Waals surface area (Å²) in [7, 11) is 3.44. The summed E-state index contributed by atoms with van der Waals surface area (Å²) in [4.78, 5) is 12.6. The number of phenols is 1. The van der Waals surface area contributed by atoms with E-state index in [0.29, 0.717) is 29.7 Å². The van der Waals surface area contributed by atoms with Gasteiger partial charge in [-0.3, -0.25) is 0 Å². The number of fused-ring (bicyclic) bond motifs is 4. The maximum Gasteiger partial charge on any atom is 0.319 e. The summed E-state index contributed by atoms with van der Waals surface area (Å²) < 4.78 is 67.5. The van der Waals surface area contributed by atoms with Crippen LogP contribution in [0.1, 0.15) is 26.2 Å². The monoisotopic (exact) mass is 595 g/mol. The smallest absolute Gasteiger partial charge is 0.319 e. The number of alkyl halides is 2. The Morgan fingerprint density at radius 2 is 1.88 bits per heavy atom. The minimum atomic E-state index is -2.90. The highest BCUT2D eigenvalue weighted by molar-refractivity contribution is 6.01. The van der Waals surface area contributed by atoms with Gasteiger partial charge in [0.1, 0.15) is 29.5 Å². The highest BCUT2D eigenvalue weighted by atomic mass is 19.3. The van der Waals surface area contributed by atoms with Gasteiger partial charge in [0.25, 0.3) is 5.92 Å². The van der Waals surface area contributed by atoms with Crippen molar-refractivity contribution in [2.24, 2.45) is 5.41 Å². The number of phenolic OH excluding ortho intramolecular Hbond substituents is 1. The first kappa shape index (κ1) is 28.1. The average Bonchev–Trinajstić information content (AvgIpc) is 3.35. The number of aromatic hydroxyl groups is 1. The highest BCUT2D eigenvalue weighted by Crippen LogP contribution is 2.60. The van der Waals surface area contributed by atoms with Crippen molar-refractivity contribution >= 4 is 27.5 Å². The summed E-state index contributed by atoms with van der Waals surface area (Å²) in [5, 5.41) is 15.3. The second kappa shape index (κ2) is 9.65. The lowest BCUT2D eigenvalue weighted by Gasteiger charge is -2.40. The lowest BCUT2D eigenvalue weighted by molar-refractivity contribution is 0.0288. The van der Waals surface area contributed by atoms with Crippen LogP contribution in [0.5, 0.6) is 11.8 Å². The van der Waals surface area contributed by atoms with Crippen LogP contribution in [-0.2, 0) is 0 Å². The molecule has 11 heteroatoms. The van der Waals surface area contributed by atoms with Crippen LogP contribution in [0.15, 0.2) is 42.5 Å². The lowest BCUT2D eigenvalue weighted by atomic mass is 9.95. The average molecular weight is 596 g/mol. The molecule has 3 fully saturated rings. The molecule has 3 aliphatic rings. The molecule has 0 spiro atoms. The Hall–Kier alpha value is -3.70. The Balaban J connectivity index is 1.38. The largest absolute Gasteiger partial charge is 0.508 e. The summed E-state index contributed by atoms with van der Waals surface area (Å²) in [6.07, 6.45) is 1.57. The first-order valence-corrected chi connectivity index (χ1v) is 14.5. The third-order valence-electron chi connectivity index (χ3n) is 9.14. The Bertz CT molecular complexity index is 1770. The summed E-state index contributed by atoms with van der Waals surface area (Å²) in [5.41, 5.74) is -1.96. The molecule has 1 aromatic heterocycles. The van der Waals surface area contributed by atoms with Crippen molar-refractivity contribution in [3.05, 3.63) is 54.1 Å². The van der Waals surface area contributed by atoms with Crippen LogP contribution >= 0.6 is 0 Å². The minimum absolute atomic E-state index is 0.104. The van der Waals surface area contributed by atoms with Crippen molar-refractivity contribution in [2.75, 3.05) is 45.2 Å². The predicted molar refractivity (Wildman–Crippen MR) is 157 cm³/mol. The molecule has 0 radical (unpaired) electrons. The molecule has 43 heavy (non-hydrogen) atoms. The van der Waals surface area contributed by atoms with Gasteiger partial charge in [-0.05, 0) is 68.4 Å². The molecule has 3 heterocycles. The fourth-order valence-electron chi connectivity index (χ4n) is 7.08. The maximum atomic E-state index is 16.6. The number of nitrogens with zero attached hydrogens (tertiary/aromatic N) is 4. The Kier molecular flexibility index (Phi) is 6.31. The molecule has 3 aromatic carbocycles. The molecule has 2 saturated heterocycles. The standard InChI is InChI=1S/C32H33F4N5O2/c1-30-9-8-19(39-30)13-41(15-30)28-23-12-24(33)25(22-11-20(42)10-18-6-4-5-7-21(18)22)26(34)27(23)37-29(38-28)43-17-31(16-40(2)3)14-32(31,35)36/h4-7,10-12,19,39,42H,8-9,13-17H2,1-3H3/t19-,30-,31-/m1/s1. The van der Waals surface area contributed by atoms with Gasteiger partial charge in [0.2, 0.25) is 0 Å². The first-order chi connectivity index (χ1) is 20.4. The van der Waals surface area contributed by atoms with Gasteiger partial charge in [-0.1, -0.05) is 24.3 Å². The number of piperazine rings is 1. The van der Waals surface area contributed by atoms with Crippen LogP contribution in [0.4, 0.5) is 23.4 Å². The first-order valence-electron chi connectivity index (χ1n) is 14.5. The Morgan fingerprint density at radius 1 is 1.12 bits per heavy atom. The van der Waals surface area contributed by atoms with E-state index >= 15 is 8.78 Å². The van der Waals surface area contributed by atoms with Crippen molar-refractivity contribution in [1.82, 2.24) is 20.2 Å². The minimum Gasteiger partial charge on any atom is -0.508 e. The van der Waals surface area contributed by atoms with E-state index in [1.807, 2.05) is 4.90 Å². The third-order valence-corrected chi connectivity index (χ3v) is 9.14. The molecule has 4 aromatic rings. The number of ether oxygens (including phenoxy) is 1. The zero-order valence-corrected chi connectivity index (χ0v) is 24.2. The van der Waals surface area contributed by atoms with E-state index < -0.39 is 23.0 Å². The van der Waals surface area contributed by atoms with Gasteiger partial charge in [-0.2, -0.15) is 9.97 Å². The van der Waals surface area contributed by atoms with Crippen LogP contribution in [-0.4, -0.2) is 77.8 Å². The van der Waals surface area contributed by atoms with Crippen LogP contribution < -0.4 is 15.0 Å². The normalized spacial score (nSPS) is 26.0. The van der Waals surface area contributed by atoms with Crippen molar-refractivity contribution in [3.63, 3.8) is 0 Å². The summed E-state index contributed by atoms with van der Waals surface area (Å²) in [6, 6.07) is 11.0. The van der Waals surface area contributed by atoms with Gasteiger partial charge in [0, 0.05) is 43.0 Å². The highest BCUT2D eigenvalue weighted by Gasteiger charge is 2.71. The molecule has 226 valence electrons. The van der Waals surface area contributed by atoms with Crippen molar-refractivity contribution in [2.45, 2.75) is 43.7 Å². The van der Waals surface area contributed by atoms with E-state index in [4.69, 9.17) is 4.74 Å². The second-order valence-corrected chi connectivity index (χ2v) is 13.0. The molecule has 2 aliphatic heterocycles. The van der Waals surface area contributed by atoms with Gasteiger partial charge in [-0.15, -0.1) is 0 Å². The number of benzene rings is 3. The SMILES string of the molecule is CN(C)C[C@@]1(COc2nc(N3C[C@H]4CC[C@](C)(C3)N4)c3cc(F)c(-c4cc(O)cc5ccccc45)c(F)c3n2)CC1(F)F. The van der Waals surface area contributed by atoms with Crippen LogP contribution in [0.25, 0.3) is 32.8 Å². The maximum absolute atomic E-state index is 16.6. The molecule has 2 bridgehead atoms. The zero-order valence-electron chi connectivity index (χ0n) is 24.2. The van der Waals surface area contributed by atoms with Crippen LogP contribution in [0.3, 0.4) is 0 Å². The van der Waals surface area contributed by atoms with E-state index in [1.54, 1.807) is 43.3 Å². The molecular formula is C32H33F4N5O2. The van der Waals surface area contributed by atoms with Gasteiger partial charge in [0.15, 0.2) is 5.82 Å². The van der Waals surface area contributed by atoms with Crippen molar-refractivity contribution in [1.29, 1.82) is 0 Å². The molecular weight excluding hydrogens is 562 g/mol. The molecule has 3 atom stereocenters. The fraction of sp³-hybridized carbons (Fsp3) is 0.438. The molecule has 0 amide bonds. The Labute approximate surface area is 246 Å². The molecule has 1 saturated carbocycles. The number of nitrogens with one attached hydrogen (secondary N) is 1. The second-order valence-electron chi connectivity index (χ2n) is 13.0. The van der Waals surface area contributed by atoms with E-state index in [2.05, 4.69) is 22.2 Å². The molecule has 1 aliphatic carbocycles. The zero-order chi connectivity index (χ0) is 30.3. The van der Waals surface area contributed by atoms with E-state index in [0.717, 1.165) is 12.8 Å². The van der Waals surface area contributed by atoms with Gasteiger partial charge in [0.05, 0.1) is 11.0 Å². The Morgan fingerprint density at radius 3 is 2.60 bits per heavy atom. The molecule has 0 unspecified atom stereocenters. The number of anilines is 1. The summed E-state index contributed by atoms with van der Waals surface area (Å²) in [5.74, 6) is -4.51. The van der Waals surface area contributed by atoms with Crippen molar-refractivity contribution < 1.29 is 27.4 Å². The van der Waals surface area contributed by atoms with Crippen LogP contribution in [0.2, 0.25) is 0 Å². The topological polar surface area (TPSA) is 73.8 Å². The van der Waals surface area contributed by atoms with Gasteiger partial charge < -0.3 is 25.0 Å². The van der Waals surface area contributed by atoms with Gasteiger partial charge in [-0.25, -0.2) is 17.6 Å². The summed E-state index contributed by atoms with van der Waals surface area (Å²) >= 11 is 0. The van der Waals surface area contributed by atoms with E-state index in [1.165, 1.54) is 18.2 Å². The fourth-order valence-corrected chi connectivity index (χ4v) is 7.08. The molecule has 7 nitrogen and oxygen atoms in total. The van der Waals surface area contributed by atoms with Gasteiger partial charge >= 0.3 is 6.01 Å². The number of hydrogen-bond donors (Lipinski definition) is 2. The lowest BCUT2D eigenvalue weighted by Crippen LogP contribution is -2.58.